The van der Waals surface area contributed by atoms with E-state index in [1.54, 1.807) is 11.1 Å². The molecule has 3 rings (SSSR count). The van der Waals surface area contributed by atoms with E-state index < -0.39 is 11.7 Å². The van der Waals surface area contributed by atoms with Gasteiger partial charge in [0.05, 0.1) is 11.3 Å². The first-order valence-electron chi connectivity index (χ1n) is 6.79. The summed E-state index contributed by atoms with van der Waals surface area (Å²) in [4.78, 5) is 4.15. The van der Waals surface area contributed by atoms with Gasteiger partial charge in [-0.1, -0.05) is 25.0 Å². The lowest BCUT2D eigenvalue weighted by molar-refractivity contribution is -0.137. The summed E-state index contributed by atoms with van der Waals surface area (Å²) in [6, 6.07) is 5.96. The predicted octanol–water partition coefficient (Wildman–Crippen LogP) is 3.67. The molecule has 1 saturated carbocycles. The van der Waals surface area contributed by atoms with Gasteiger partial charge >= 0.3 is 6.18 Å². The minimum Gasteiger partial charge on any atom is -0.261 e. The van der Waals surface area contributed by atoms with Crippen LogP contribution in [0, 0.1) is 0 Å². The van der Waals surface area contributed by atoms with Gasteiger partial charge in [0.25, 0.3) is 0 Å². The molecule has 0 aromatic heterocycles. The maximum absolute atomic E-state index is 13.1. The number of hydrogen-bond donors (Lipinski definition) is 0. The zero-order valence-corrected chi connectivity index (χ0v) is 11.0. The highest BCUT2D eigenvalue weighted by atomic mass is 19.4. The molecular weight excluding hydrogens is 267 g/mol. The molecule has 1 aromatic rings. The smallest absolute Gasteiger partial charge is 0.261 e. The Hall–Kier alpha value is -1.56. The Morgan fingerprint density at radius 2 is 1.80 bits per heavy atom. The lowest BCUT2D eigenvalue weighted by atomic mass is 10.1. The number of hydrazine groups is 1. The summed E-state index contributed by atoms with van der Waals surface area (Å²) in [5, 5.41) is 3.51. The maximum atomic E-state index is 13.1. The molecule has 2 aliphatic rings. The number of alkyl halides is 3. The van der Waals surface area contributed by atoms with E-state index in [0.29, 0.717) is 12.7 Å². The van der Waals surface area contributed by atoms with Crippen LogP contribution in [-0.4, -0.2) is 24.1 Å². The first-order chi connectivity index (χ1) is 9.57. The first kappa shape index (κ1) is 13.4. The van der Waals surface area contributed by atoms with Gasteiger partial charge in [-0.15, -0.1) is 0 Å². The van der Waals surface area contributed by atoms with Gasteiger partial charge in [0.2, 0.25) is 0 Å². The van der Waals surface area contributed by atoms with Gasteiger partial charge in [-0.25, -0.2) is 0 Å². The van der Waals surface area contributed by atoms with Crippen LogP contribution in [0.3, 0.4) is 0 Å². The topological polar surface area (TPSA) is 18.8 Å². The Morgan fingerprint density at radius 1 is 1.10 bits per heavy atom. The summed E-state index contributed by atoms with van der Waals surface area (Å²) in [5.41, 5.74) is -0.454. The molecule has 0 bridgehead atoms. The van der Waals surface area contributed by atoms with Crippen LogP contribution < -0.4 is 5.01 Å². The highest BCUT2D eigenvalue weighted by Crippen LogP contribution is 2.38. The van der Waals surface area contributed by atoms with Crippen LogP contribution in [0.2, 0.25) is 0 Å². The summed E-state index contributed by atoms with van der Waals surface area (Å²) >= 11 is 0. The van der Waals surface area contributed by atoms with Crippen LogP contribution in [0.15, 0.2) is 29.3 Å². The lowest BCUT2D eigenvalue weighted by Crippen LogP contribution is -2.44. The largest absolute Gasteiger partial charge is 0.418 e. The third kappa shape index (κ3) is 2.40. The van der Waals surface area contributed by atoms with E-state index in [-0.39, 0.29) is 5.69 Å². The van der Waals surface area contributed by atoms with E-state index in [1.165, 1.54) is 18.5 Å². The van der Waals surface area contributed by atoms with E-state index in [0.717, 1.165) is 31.7 Å². The van der Waals surface area contributed by atoms with Crippen molar-refractivity contribution >= 4 is 12.0 Å². The Bertz CT molecular complexity index is 507. The fourth-order valence-corrected chi connectivity index (χ4v) is 2.94. The van der Waals surface area contributed by atoms with Gasteiger partial charge < -0.3 is 0 Å². The van der Waals surface area contributed by atoms with Crippen molar-refractivity contribution in [2.75, 3.05) is 11.7 Å². The van der Waals surface area contributed by atoms with E-state index in [4.69, 9.17) is 0 Å². The molecule has 1 heterocycles. The van der Waals surface area contributed by atoms with Gasteiger partial charge in [0, 0.05) is 6.04 Å². The van der Waals surface area contributed by atoms with Crippen LogP contribution in [0.1, 0.15) is 31.2 Å². The highest BCUT2D eigenvalue weighted by Gasteiger charge is 2.37. The monoisotopic (exact) mass is 283 g/mol. The second-order valence-corrected chi connectivity index (χ2v) is 5.18. The van der Waals surface area contributed by atoms with Crippen molar-refractivity contribution in [3.8, 4) is 0 Å². The van der Waals surface area contributed by atoms with Gasteiger partial charge in [-0.2, -0.15) is 18.2 Å². The van der Waals surface area contributed by atoms with Crippen molar-refractivity contribution in [2.24, 2.45) is 4.99 Å². The predicted molar refractivity (Wildman–Crippen MR) is 71.4 cm³/mol. The molecule has 6 heteroatoms. The second-order valence-electron chi connectivity index (χ2n) is 5.18. The molecule has 0 N–H and O–H groups in total. The lowest BCUT2D eigenvalue weighted by Gasteiger charge is -2.33. The Labute approximate surface area is 115 Å². The van der Waals surface area contributed by atoms with Crippen molar-refractivity contribution in [1.29, 1.82) is 0 Å². The van der Waals surface area contributed by atoms with Gasteiger partial charge in [0.15, 0.2) is 0 Å². The van der Waals surface area contributed by atoms with E-state index in [9.17, 15) is 13.2 Å². The van der Waals surface area contributed by atoms with Gasteiger partial charge in [-0.05, 0) is 25.0 Å². The SMILES string of the molecule is FC(F)(F)c1ccccc1N1C=NCN1C1CCCC1. The van der Waals surface area contributed by atoms with Gasteiger partial charge in [-0.3, -0.25) is 10.0 Å². The zero-order valence-electron chi connectivity index (χ0n) is 11.0. The third-order valence-corrected chi connectivity index (χ3v) is 3.90. The molecule has 0 atom stereocenters. The number of para-hydroxylation sites is 1. The van der Waals surface area contributed by atoms with E-state index >= 15 is 0 Å². The van der Waals surface area contributed by atoms with Crippen LogP contribution in [0.25, 0.3) is 0 Å². The third-order valence-electron chi connectivity index (χ3n) is 3.90. The molecule has 1 aliphatic carbocycles. The summed E-state index contributed by atoms with van der Waals surface area (Å²) < 4.78 is 39.3. The molecule has 3 nitrogen and oxygen atoms in total. The summed E-state index contributed by atoms with van der Waals surface area (Å²) in [6.45, 7) is 0.441. The normalized spacial score (nSPS) is 21.1. The number of anilines is 1. The summed E-state index contributed by atoms with van der Waals surface area (Å²) in [5.74, 6) is 0. The zero-order chi connectivity index (χ0) is 14.2. The van der Waals surface area contributed by atoms with Gasteiger partial charge in [0.1, 0.15) is 13.0 Å². The molecule has 1 aromatic carbocycles. The molecule has 1 fully saturated rings. The summed E-state index contributed by atoms with van der Waals surface area (Å²) in [7, 11) is 0. The Balaban J connectivity index is 1.93. The molecule has 0 saturated heterocycles. The molecule has 0 radical (unpaired) electrons. The number of benzene rings is 1. The maximum Gasteiger partial charge on any atom is 0.418 e. The van der Waals surface area contributed by atoms with Crippen molar-refractivity contribution in [3.63, 3.8) is 0 Å². The van der Waals surface area contributed by atoms with Crippen molar-refractivity contribution in [2.45, 2.75) is 37.9 Å². The molecule has 0 unspecified atom stereocenters. The molecule has 1 aliphatic heterocycles. The number of halogens is 3. The number of aliphatic imine (C=N–C) groups is 1. The number of rotatable bonds is 2. The molecule has 0 amide bonds. The van der Waals surface area contributed by atoms with Crippen molar-refractivity contribution < 1.29 is 13.2 Å². The van der Waals surface area contributed by atoms with E-state index in [2.05, 4.69) is 4.99 Å². The summed E-state index contributed by atoms with van der Waals surface area (Å²) in [6.07, 6.45) is 1.46. The molecule has 108 valence electrons. The van der Waals surface area contributed by atoms with Crippen molar-refractivity contribution in [1.82, 2.24) is 5.01 Å². The number of hydrogen-bond acceptors (Lipinski definition) is 3. The minimum absolute atomic E-state index is 0.160. The standard InChI is InChI=1S/C14H16F3N3/c15-14(16,17)12-7-3-4-8-13(12)20-10-18-9-19(20)11-5-1-2-6-11/h3-4,7-8,10-11H,1-2,5-6,9H2. The fraction of sp³-hybridized carbons (Fsp3) is 0.500. The molecule has 0 spiro atoms. The average molecular weight is 283 g/mol. The van der Waals surface area contributed by atoms with E-state index in [1.807, 2.05) is 5.01 Å². The quantitative estimate of drug-likeness (QED) is 0.824. The fourth-order valence-electron chi connectivity index (χ4n) is 2.94. The van der Waals surface area contributed by atoms with Crippen LogP contribution in [0.5, 0.6) is 0 Å². The Morgan fingerprint density at radius 3 is 2.50 bits per heavy atom. The van der Waals surface area contributed by atoms with Crippen LogP contribution in [0.4, 0.5) is 18.9 Å². The molecule has 20 heavy (non-hydrogen) atoms. The minimum atomic E-state index is -4.35. The van der Waals surface area contributed by atoms with Crippen molar-refractivity contribution in [3.05, 3.63) is 29.8 Å². The molecular formula is C14H16F3N3. The average Bonchev–Trinajstić information content (AvgIpc) is 3.08. The first-order valence-corrected chi connectivity index (χ1v) is 6.79. The second kappa shape index (κ2) is 5.09. The number of nitrogens with zero attached hydrogens (tertiary/aromatic N) is 3. The Kier molecular flexibility index (Phi) is 3.41. The van der Waals surface area contributed by atoms with Crippen LogP contribution >= 0.6 is 0 Å². The highest BCUT2D eigenvalue weighted by molar-refractivity contribution is 5.81. The van der Waals surface area contributed by atoms with Crippen LogP contribution in [-0.2, 0) is 6.18 Å².